The van der Waals surface area contributed by atoms with E-state index in [9.17, 15) is 8.42 Å². The zero-order valence-electron chi connectivity index (χ0n) is 19.4. The maximum absolute atomic E-state index is 11.9. The van der Waals surface area contributed by atoms with Gasteiger partial charge in [-0.2, -0.15) is 0 Å². The molecule has 178 valence electrons. The van der Waals surface area contributed by atoms with Gasteiger partial charge in [0.1, 0.15) is 0 Å². The summed E-state index contributed by atoms with van der Waals surface area (Å²) in [6.07, 6.45) is 4.21. The Bertz CT molecular complexity index is 1430. The number of aromatic nitrogens is 3. The van der Waals surface area contributed by atoms with Gasteiger partial charge in [-0.15, -0.1) is 21.5 Å². The predicted octanol–water partition coefficient (Wildman–Crippen LogP) is 4.68. The molecule has 3 heterocycles. The molecule has 5 rings (SSSR count). The number of thioether (sulfide) groups is 1. The molecule has 1 aliphatic rings. The van der Waals surface area contributed by atoms with E-state index < -0.39 is 9.84 Å². The SMILES string of the molecule is Cn1c(SCCCN2CCc3ccc(S(C)(=O)=O)cc3CC2)nnc1-c1csc2ccccc12. The summed E-state index contributed by atoms with van der Waals surface area (Å²) >= 11 is 3.50. The Balaban J connectivity index is 1.15. The van der Waals surface area contributed by atoms with Crippen LogP contribution in [-0.4, -0.2) is 59.7 Å². The van der Waals surface area contributed by atoms with Crippen molar-refractivity contribution < 1.29 is 8.42 Å². The van der Waals surface area contributed by atoms with E-state index in [1.54, 1.807) is 29.2 Å². The molecule has 0 aliphatic carbocycles. The molecule has 2 aromatic carbocycles. The normalized spacial score (nSPS) is 14.9. The predicted molar refractivity (Wildman–Crippen MR) is 141 cm³/mol. The van der Waals surface area contributed by atoms with Gasteiger partial charge in [0.2, 0.25) is 0 Å². The Kier molecular flexibility index (Phi) is 6.79. The fourth-order valence-corrected chi connectivity index (χ4v) is 6.93. The lowest BCUT2D eigenvalue weighted by Crippen LogP contribution is -2.27. The van der Waals surface area contributed by atoms with Crippen molar-refractivity contribution in [3.05, 3.63) is 59.0 Å². The largest absolute Gasteiger partial charge is 0.305 e. The van der Waals surface area contributed by atoms with Gasteiger partial charge in [-0.3, -0.25) is 0 Å². The van der Waals surface area contributed by atoms with Crippen LogP contribution >= 0.6 is 23.1 Å². The smallest absolute Gasteiger partial charge is 0.191 e. The zero-order chi connectivity index (χ0) is 23.7. The van der Waals surface area contributed by atoms with Gasteiger partial charge in [-0.05, 0) is 55.1 Å². The van der Waals surface area contributed by atoms with E-state index in [-0.39, 0.29) is 0 Å². The van der Waals surface area contributed by atoms with E-state index >= 15 is 0 Å². The highest BCUT2D eigenvalue weighted by molar-refractivity contribution is 7.99. The zero-order valence-corrected chi connectivity index (χ0v) is 21.8. The van der Waals surface area contributed by atoms with Crippen LogP contribution in [0.25, 0.3) is 21.5 Å². The van der Waals surface area contributed by atoms with Gasteiger partial charge in [0.05, 0.1) is 4.90 Å². The highest BCUT2D eigenvalue weighted by Crippen LogP contribution is 2.34. The fraction of sp³-hybridized carbons (Fsp3) is 0.360. The Labute approximate surface area is 208 Å². The van der Waals surface area contributed by atoms with Crippen LogP contribution in [0.1, 0.15) is 17.5 Å². The summed E-state index contributed by atoms with van der Waals surface area (Å²) in [6, 6.07) is 14.0. The molecule has 0 fully saturated rings. The minimum Gasteiger partial charge on any atom is -0.305 e. The molecule has 0 bridgehead atoms. The number of rotatable bonds is 7. The van der Waals surface area contributed by atoms with Gasteiger partial charge in [-0.25, -0.2) is 8.42 Å². The molecule has 2 aromatic heterocycles. The first kappa shape index (κ1) is 23.5. The van der Waals surface area contributed by atoms with Crippen LogP contribution in [0, 0.1) is 0 Å². The molecule has 0 saturated heterocycles. The average molecular weight is 513 g/mol. The molecule has 0 radical (unpaired) electrons. The maximum atomic E-state index is 11.9. The topological polar surface area (TPSA) is 68.1 Å². The second kappa shape index (κ2) is 9.81. The highest BCUT2D eigenvalue weighted by Gasteiger charge is 2.18. The second-order valence-corrected chi connectivity index (χ2v) is 12.7. The molecular weight excluding hydrogens is 485 g/mol. The van der Waals surface area contributed by atoms with Gasteiger partial charge >= 0.3 is 0 Å². The molecule has 1 aliphatic heterocycles. The first-order valence-electron chi connectivity index (χ1n) is 11.4. The molecule has 34 heavy (non-hydrogen) atoms. The lowest BCUT2D eigenvalue weighted by Gasteiger charge is -2.19. The molecule has 9 heteroatoms. The Hall–Kier alpha value is -2.20. The van der Waals surface area contributed by atoms with Crippen molar-refractivity contribution in [2.24, 2.45) is 7.05 Å². The van der Waals surface area contributed by atoms with Crippen molar-refractivity contribution >= 4 is 43.0 Å². The van der Waals surface area contributed by atoms with Crippen LogP contribution in [0.2, 0.25) is 0 Å². The summed E-state index contributed by atoms with van der Waals surface area (Å²) in [6.45, 7) is 3.00. The number of benzene rings is 2. The van der Waals surface area contributed by atoms with Crippen molar-refractivity contribution in [2.45, 2.75) is 29.3 Å². The van der Waals surface area contributed by atoms with Gasteiger partial charge < -0.3 is 9.47 Å². The second-order valence-electron chi connectivity index (χ2n) is 8.76. The Morgan fingerprint density at radius 3 is 2.68 bits per heavy atom. The molecule has 0 N–H and O–H groups in total. The third-order valence-electron chi connectivity index (χ3n) is 6.41. The molecule has 0 atom stereocenters. The van der Waals surface area contributed by atoms with Crippen LogP contribution in [0.5, 0.6) is 0 Å². The van der Waals surface area contributed by atoms with E-state index in [4.69, 9.17) is 0 Å². The van der Waals surface area contributed by atoms with Crippen LogP contribution in [0.4, 0.5) is 0 Å². The van der Waals surface area contributed by atoms with Gasteiger partial charge in [0.25, 0.3) is 0 Å². The van der Waals surface area contributed by atoms with E-state index in [0.29, 0.717) is 4.90 Å². The lowest BCUT2D eigenvalue weighted by atomic mass is 10.0. The van der Waals surface area contributed by atoms with Crippen LogP contribution in [-0.2, 0) is 29.7 Å². The van der Waals surface area contributed by atoms with Crippen molar-refractivity contribution in [3.63, 3.8) is 0 Å². The monoisotopic (exact) mass is 512 g/mol. The number of thiophene rings is 1. The standard InChI is InChI=1S/C25H28N4O2S3/c1-28-24(22-17-33-23-7-4-3-6-21(22)23)26-27-25(28)32-15-5-12-29-13-10-18-8-9-20(34(2,30)31)16-19(18)11-14-29/h3-4,6-9,16-17H,5,10-15H2,1-2H3. The first-order chi connectivity index (χ1) is 16.4. The molecule has 4 aromatic rings. The van der Waals surface area contributed by atoms with Crippen LogP contribution in [0.3, 0.4) is 0 Å². The molecular formula is C25H28N4O2S3. The lowest BCUT2D eigenvalue weighted by molar-refractivity contribution is 0.289. The summed E-state index contributed by atoms with van der Waals surface area (Å²) in [7, 11) is -1.12. The summed E-state index contributed by atoms with van der Waals surface area (Å²) in [5.41, 5.74) is 3.59. The minimum atomic E-state index is -3.16. The first-order valence-corrected chi connectivity index (χ1v) is 15.2. The highest BCUT2D eigenvalue weighted by atomic mass is 32.2. The summed E-state index contributed by atoms with van der Waals surface area (Å²) < 4.78 is 27.1. The summed E-state index contributed by atoms with van der Waals surface area (Å²) in [4.78, 5) is 2.91. The molecule has 6 nitrogen and oxygen atoms in total. The molecule has 0 unspecified atom stereocenters. The fourth-order valence-electron chi connectivity index (χ4n) is 4.48. The van der Waals surface area contributed by atoms with Crippen molar-refractivity contribution in [1.82, 2.24) is 19.7 Å². The van der Waals surface area contributed by atoms with E-state index in [1.807, 2.05) is 19.2 Å². The van der Waals surface area contributed by atoms with Gasteiger partial charge in [-0.1, -0.05) is 36.0 Å². The number of hydrogen-bond donors (Lipinski definition) is 0. The third kappa shape index (κ3) is 4.93. The number of fused-ring (bicyclic) bond motifs is 2. The number of hydrogen-bond acceptors (Lipinski definition) is 7. The minimum absolute atomic E-state index is 0.426. The molecule has 0 spiro atoms. The van der Waals surface area contributed by atoms with Crippen LogP contribution < -0.4 is 0 Å². The van der Waals surface area contributed by atoms with Crippen molar-refractivity contribution in [3.8, 4) is 11.4 Å². The van der Waals surface area contributed by atoms with Gasteiger partial charge in [0, 0.05) is 53.2 Å². The van der Waals surface area contributed by atoms with Crippen LogP contribution in [0.15, 0.2) is 57.9 Å². The quantitative estimate of drug-likeness (QED) is 0.265. The van der Waals surface area contributed by atoms with Crippen molar-refractivity contribution in [1.29, 1.82) is 0 Å². The Morgan fingerprint density at radius 2 is 1.85 bits per heavy atom. The Morgan fingerprint density at radius 1 is 1.06 bits per heavy atom. The number of nitrogens with zero attached hydrogens (tertiary/aromatic N) is 4. The maximum Gasteiger partial charge on any atom is 0.191 e. The molecule has 0 amide bonds. The van der Waals surface area contributed by atoms with Gasteiger partial charge in [0.15, 0.2) is 20.8 Å². The summed E-state index contributed by atoms with van der Waals surface area (Å²) in [5, 5.41) is 13.3. The van der Waals surface area contributed by atoms with E-state index in [1.165, 1.54) is 27.5 Å². The molecule has 0 saturated carbocycles. The van der Waals surface area contributed by atoms with E-state index in [0.717, 1.165) is 61.2 Å². The number of sulfone groups is 1. The summed E-state index contributed by atoms with van der Waals surface area (Å²) in [5.74, 6) is 1.90. The van der Waals surface area contributed by atoms with E-state index in [2.05, 4.69) is 49.3 Å². The average Bonchev–Trinajstić information content (AvgIpc) is 3.33. The third-order valence-corrected chi connectivity index (χ3v) is 9.59. The van der Waals surface area contributed by atoms with Crippen molar-refractivity contribution in [2.75, 3.05) is 31.6 Å².